The molecule has 0 bridgehead atoms. The lowest BCUT2D eigenvalue weighted by Gasteiger charge is -2.13. The van der Waals surface area contributed by atoms with Gasteiger partial charge in [0.1, 0.15) is 11.5 Å². The van der Waals surface area contributed by atoms with Crippen molar-refractivity contribution in [1.82, 2.24) is 4.72 Å². The summed E-state index contributed by atoms with van der Waals surface area (Å²) in [5.41, 5.74) is 0.802. The second kappa shape index (κ2) is 8.62. The predicted octanol–water partition coefficient (Wildman–Crippen LogP) is 3.18. The summed E-state index contributed by atoms with van der Waals surface area (Å²) in [6.07, 6.45) is 3.81. The highest BCUT2D eigenvalue weighted by Gasteiger charge is 2.23. The summed E-state index contributed by atoms with van der Waals surface area (Å²) in [5.74, 6) is 0.698. The van der Waals surface area contributed by atoms with Gasteiger partial charge < -0.3 is 14.8 Å². The molecule has 1 saturated carbocycles. The van der Waals surface area contributed by atoms with Crippen LogP contribution in [0.1, 0.15) is 36.0 Å². The lowest BCUT2D eigenvalue weighted by molar-refractivity contribution is 0.102. The Hall–Kier alpha value is -2.58. The van der Waals surface area contributed by atoms with Gasteiger partial charge in [-0.2, -0.15) is 0 Å². The van der Waals surface area contributed by atoms with Crippen molar-refractivity contribution >= 4 is 21.6 Å². The van der Waals surface area contributed by atoms with E-state index in [9.17, 15) is 13.2 Å². The van der Waals surface area contributed by atoms with E-state index in [1.165, 1.54) is 38.5 Å². The standard InChI is InChI=1S/C20H24N2O5S/c1-26-16-9-12-19(27-2)18(13-16)21-20(23)14-7-10-17(11-8-14)28(24,25)22-15-5-3-4-6-15/h7-13,15,22H,3-6H2,1-2H3,(H,21,23). The van der Waals surface area contributed by atoms with Crippen molar-refractivity contribution in [3.05, 3.63) is 48.0 Å². The molecule has 2 aromatic carbocycles. The van der Waals surface area contributed by atoms with Crippen LogP contribution in [0.2, 0.25) is 0 Å². The molecule has 0 radical (unpaired) electrons. The highest BCUT2D eigenvalue weighted by Crippen LogP contribution is 2.29. The maximum absolute atomic E-state index is 12.5. The summed E-state index contributed by atoms with van der Waals surface area (Å²) in [4.78, 5) is 12.7. The Morgan fingerprint density at radius 2 is 1.68 bits per heavy atom. The molecule has 150 valence electrons. The zero-order chi connectivity index (χ0) is 20.1. The summed E-state index contributed by atoms with van der Waals surface area (Å²) in [6.45, 7) is 0. The molecule has 0 heterocycles. The van der Waals surface area contributed by atoms with E-state index < -0.39 is 10.0 Å². The molecule has 7 nitrogen and oxygen atoms in total. The normalized spacial score (nSPS) is 14.6. The highest BCUT2D eigenvalue weighted by atomic mass is 32.2. The summed E-state index contributed by atoms with van der Waals surface area (Å²) in [7, 11) is -0.541. The largest absolute Gasteiger partial charge is 0.497 e. The first-order chi connectivity index (χ1) is 13.4. The van der Waals surface area contributed by atoms with Crippen LogP contribution in [0.25, 0.3) is 0 Å². The number of amides is 1. The van der Waals surface area contributed by atoms with Gasteiger partial charge in [-0.25, -0.2) is 13.1 Å². The number of rotatable bonds is 7. The number of carbonyl (C=O) groups is 1. The fourth-order valence-electron chi connectivity index (χ4n) is 3.22. The minimum Gasteiger partial charge on any atom is -0.497 e. The summed E-state index contributed by atoms with van der Waals surface area (Å²) >= 11 is 0. The van der Waals surface area contributed by atoms with Gasteiger partial charge in [0.05, 0.1) is 24.8 Å². The van der Waals surface area contributed by atoms with E-state index in [1.807, 2.05) is 0 Å². The van der Waals surface area contributed by atoms with Gasteiger partial charge in [0, 0.05) is 17.7 Å². The van der Waals surface area contributed by atoms with Gasteiger partial charge >= 0.3 is 0 Å². The van der Waals surface area contributed by atoms with Crippen molar-refractivity contribution in [1.29, 1.82) is 0 Å². The Labute approximate surface area is 165 Å². The smallest absolute Gasteiger partial charge is 0.255 e. The van der Waals surface area contributed by atoms with E-state index >= 15 is 0 Å². The van der Waals surface area contributed by atoms with Crippen LogP contribution in [0.4, 0.5) is 5.69 Å². The van der Waals surface area contributed by atoms with Gasteiger partial charge in [-0.3, -0.25) is 4.79 Å². The average Bonchev–Trinajstić information content (AvgIpc) is 3.20. The lowest BCUT2D eigenvalue weighted by Crippen LogP contribution is -2.32. The number of benzene rings is 2. The van der Waals surface area contributed by atoms with Gasteiger partial charge in [0.25, 0.3) is 5.91 Å². The molecule has 3 rings (SSSR count). The lowest BCUT2D eigenvalue weighted by atomic mass is 10.2. The molecule has 1 amide bonds. The van der Waals surface area contributed by atoms with E-state index in [0.717, 1.165) is 25.7 Å². The van der Waals surface area contributed by atoms with Crippen LogP contribution in [0.3, 0.4) is 0 Å². The van der Waals surface area contributed by atoms with Crippen LogP contribution in [0, 0.1) is 0 Å². The second-order valence-electron chi connectivity index (χ2n) is 6.65. The Bertz CT molecular complexity index is 936. The first kappa shape index (κ1) is 20.2. The van der Waals surface area contributed by atoms with Crippen LogP contribution in [0.15, 0.2) is 47.4 Å². The van der Waals surface area contributed by atoms with Gasteiger partial charge in [-0.1, -0.05) is 12.8 Å². The Morgan fingerprint density at radius 1 is 1.00 bits per heavy atom. The summed E-state index contributed by atoms with van der Waals surface area (Å²) in [5, 5.41) is 2.76. The predicted molar refractivity (Wildman–Crippen MR) is 107 cm³/mol. The van der Waals surface area contributed by atoms with Crippen molar-refractivity contribution in [2.75, 3.05) is 19.5 Å². The zero-order valence-corrected chi connectivity index (χ0v) is 16.7. The molecule has 0 spiro atoms. The number of methoxy groups -OCH3 is 2. The maximum atomic E-state index is 12.5. The molecule has 0 aliphatic heterocycles. The number of anilines is 1. The maximum Gasteiger partial charge on any atom is 0.255 e. The number of carbonyl (C=O) groups excluding carboxylic acids is 1. The van der Waals surface area contributed by atoms with Crippen molar-refractivity contribution in [3.8, 4) is 11.5 Å². The van der Waals surface area contributed by atoms with Gasteiger partial charge in [-0.15, -0.1) is 0 Å². The Kier molecular flexibility index (Phi) is 6.21. The fourth-order valence-corrected chi connectivity index (χ4v) is 4.53. The monoisotopic (exact) mass is 404 g/mol. The molecule has 8 heteroatoms. The minimum absolute atomic E-state index is 0.00602. The van der Waals surface area contributed by atoms with Crippen molar-refractivity contribution in [2.45, 2.75) is 36.6 Å². The van der Waals surface area contributed by atoms with E-state index in [-0.39, 0.29) is 16.8 Å². The molecule has 0 saturated heterocycles. The van der Waals surface area contributed by atoms with E-state index in [2.05, 4.69) is 10.0 Å². The highest BCUT2D eigenvalue weighted by molar-refractivity contribution is 7.89. The minimum atomic E-state index is -3.58. The SMILES string of the molecule is COc1ccc(OC)c(NC(=O)c2ccc(S(=O)(=O)NC3CCCC3)cc2)c1. The molecule has 0 atom stereocenters. The van der Waals surface area contributed by atoms with Crippen LogP contribution in [-0.2, 0) is 10.0 Å². The number of hydrogen-bond donors (Lipinski definition) is 2. The van der Waals surface area contributed by atoms with E-state index in [4.69, 9.17) is 9.47 Å². The third-order valence-electron chi connectivity index (χ3n) is 4.76. The molecule has 1 aliphatic rings. The van der Waals surface area contributed by atoms with Gasteiger partial charge in [0.15, 0.2) is 0 Å². The quantitative estimate of drug-likeness (QED) is 0.739. The van der Waals surface area contributed by atoms with Gasteiger partial charge in [0.2, 0.25) is 10.0 Å². The number of ether oxygens (including phenoxy) is 2. The summed E-state index contributed by atoms with van der Waals surface area (Å²) < 4.78 is 38.1. The van der Waals surface area contributed by atoms with Crippen molar-refractivity contribution < 1.29 is 22.7 Å². The second-order valence-corrected chi connectivity index (χ2v) is 8.36. The Morgan fingerprint density at radius 3 is 2.29 bits per heavy atom. The molecule has 0 unspecified atom stereocenters. The fraction of sp³-hybridized carbons (Fsp3) is 0.350. The first-order valence-corrected chi connectivity index (χ1v) is 10.6. The third-order valence-corrected chi connectivity index (χ3v) is 6.30. The van der Waals surface area contributed by atoms with E-state index in [0.29, 0.717) is 22.7 Å². The topological polar surface area (TPSA) is 93.7 Å². The first-order valence-electron chi connectivity index (χ1n) is 9.09. The Balaban J connectivity index is 1.73. The average molecular weight is 404 g/mol. The summed E-state index contributed by atoms with van der Waals surface area (Å²) in [6, 6.07) is 10.9. The number of hydrogen-bond acceptors (Lipinski definition) is 5. The number of nitrogens with one attached hydrogen (secondary N) is 2. The van der Waals surface area contributed by atoms with Crippen LogP contribution < -0.4 is 19.5 Å². The molecule has 2 aromatic rings. The van der Waals surface area contributed by atoms with Crippen LogP contribution >= 0.6 is 0 Å². The molecule has 28 heavy (non-hydrogen) atoms. The van der Waals surface area contributed by atoms with Crippen LogP contribution in [-0.4, -0.2) is 34.6 Å². The van der Waals surface area contributed by atoms with Crippen molar-refractivity contribution in [2.24, 2.45) is 0 Å². The molecule has 1 aliphatic carbocycles. The molecule has 1 fully saturated rings. The van der Waals surface area contributed by atoms with E-state index in [1.54, 1.807) is 18.2 Å². The molecule has 2 N–H and O–H groups in total. The zero-order valence-electron chi connectivity index (χ0n) is 15.9. The molecular formula is C20H24N2O5S. The number of sulfonamides is 1. The molecular weight excluding hydrogens is 380 g/mol. The van der Waals surface area contributed by atoms with Crippen LogP contribution in [0.5, 0.6) is 11.5 Å². The third kappa shape index (κ3) is 4.63. The molecule has 0 aromatic heterocycles. The van der Waals surface area contributed by atoms with Gasteiger partial charge in [-0.05, 0) is 49.2 Å². The van der Waals surface area contributed by atoms with Crippen molar-refractivity contribution in [3.63, 3.8) is 0 Å².